The Morgan fingerprint density at radius 1 is 1.16 bits per heavy atom. The molecule has 1 aromatic carbocycles. The van der Waals surface area contributed by atoms with Crippen LogP contribution in [0.3, 0.4) is 0 Å². The number of rotatable bonds is 6. The SMILES string of the molecule is Cc1cc([C@@H]2[C@H](c3ccccn3)NC(=S)N2CCCO)c(C)n1-c1ccc2c(c1)OCO2. The summed E-state index contributed by atoms with van der Waals surface area (Å²) in [5.41, 5.74) is 5.41. The van der Waals surface area contributed by atoms with E-state index in [0.29, 0.717) is 18.1 Å². The predicted octanol–water partition coefficient (Wildman–Crippen LogP) is 3.57. The van der Waals surface area contributed by atoms with Gasteiger partial charge in [-0.25, -0.2) is 0 Å². The molecule has 2 N–H and O–H groups in total. The van der Waals surface area contributed by atoms with Gasteiger partial charge in [0.15, 0.2) is 16.6 Å². The number of hydrogen-bond donors (Lipinski definition) is 2. The molecule has 5 rings (SSSR count). The Morgan fingerprint density at radius 2 is 2.00 bits per heavy atom. The summed E-state index contributed by atoms with van der Waals surface area (Å²) in [6.45, 7) is 5.29. The van der Waals surface area contributed by atoms with Gasteiger partial charge in [-0.15, -0.1) is 0 Å². The maximum atomic E-state index is 9.45. The predicted molar refractivity (Wildman–Crippen MR) is 125 cm³/mol. The van der Waals surface area contributed by atoms with Crippen LogP contribution in [0.5, 0.6) is 11.5 Å². The zero-order valence-electron chi connectivity index (χ0n) is 18.1. The first-order chi connectivity index (χ1) is 15.6. The fourth-order valence-electron chi connectivity index (χ4n) is 4.73. The fraction of sp³-hybridized carbons (Fsp3) is 0.333. The molecule has 0 radical (unpaired) electrons. The molecule has 2 atom stereocenters. The van der Waals surface area contributed by atoms with Crippen molar-refractivity contribution in [1.82, 2.24) is 19.8 Å². The average Bonchev–Trinajstić information content (AvgIpc) is 3.48. The standard InChI is InChI=1S/C24H26N4O3S/c1-15-12-18(16(2)28(15)17-7-8-20-21(13-17)31-14-30-20)23-22(19-6-3-4-9-25-19)26-24(32)27(23)10-5-11-29/h3-4,6-9,12-13,22-23,29H,5,10-11,14H2,1-2H3,(H,26,32)/t22-,23+/m0/s1. The normalized spacial score (nSPS) is 19.5. The van der Waals surface area contributed by atoms with E-state index in [1.165, 1.54) is 5.56 Å². The highest BCUT2D eigenvalue weighted by atomic mass is 32.1. The molecule has 0 aliphatic carbocycles. The van der Waals surface area contributed by atoms with E-state index < -0.39 is 0 Å². The summed E-state index contributed by atoms with van der Waals surface area (Å²) in [5, 5.41) is 13.6. The maximum Gasteiger partial charge on any atom is 0.231 e. The molecule has 1 saturated heterocycles. The van der Waals surface area contributed by atoms with Gasteiger partial charge in [0.1, 0.15) is 0 Å². The van der Waals surface area contributed by atoms with E-state index in [4.69, 9.17) is 21.7 Å². The highest BCUT2D eigenvalue weighted by Crippen LogP contribution is 2.42. The molecule has 0 saturated carbocycles. The monoisotopic (exact) mass is 450 g/mol. The smallest absolute Gasteiger partial charge is 0.231 e. The average molecular weight is 451 g/mol. The Morgan fingerprint density at radius 3 is 2.78 bits per heavy atom. The number of nitrogens with zero attached hydrogens (tertiary/aromatic N) is 3. The minimum atomic E-state index is -0.0758. The molecule has 1 fully saturated rings. The van der Waals surface area contributed by atoms with E-state index in [-0.39, 0.29) is 25.5 Å². The number of pyridine rings is 1. The van der Waals surface area contributed by atoms with Gasteiger partial charge in [0, 0.05) is 42.5 Å². The first-order valence-electron chi connectivity index (χ1n) is 10.8. The van der Waals surface area contributed by atoms with Gasteiger partial charge in [0.05, 0.1) is 17.8 Å². The summed E-state index contributed by atoms with van der Waals surface area (Å²) in [7, 11) is 0. The molecule has 0 unspecified atom stereocenters. The third-order valence-corrected chi connectivity index (χ3v) is 6.51. The van der Waals surface area contributed by atoms with Crippen LogP contribution < -0.4 is 14.8 Å². The van der Waals surface area contributed by atoms with Gasteiger partial charge in [-0.3, -0.25) is 4.98 Å². The second kappa shape index (κ2) is 8.44. The molecule has 3 aromatic rings. The quantitative estimate of drug-likeness (QED) is 0.556. The molecule has 0 amide bonds. The number of aromatic nitrogens is 2. The van der Waals surface area contributed by atoms with Gasteiger partial charge in [-0.2, -0.15) is 0 Å². The van der Waals surface area contributed by atoms with Crippen LogP contribution in [0.1, 0.15) is 41.1 Å². The van der Waals surface area contributed by atoms with Crippen LogP contribution in [0.25, 0.3) is 5.69 Å². The lowest BCUT2D eigenvalue weighted by atomic mass is 9.96. The van der Waals surface area contributed by atoms with Crippen LogP contribution in [0.2, 0.25) is 0 Å². The van der Waals surface area contributed by atoms with E-state index in [2.05, 4.69) is 45.7 Å². The van der Waals surface area contributed by atoms with E-state index in [1.54, 1.807) is 0 Å². The maximum absolute atomic E-state index is 9.45. The Bertz CT molecular complexity index is 1150. The highest BCUT2D eigenvalue weighted by Gasteiger charge is 2.41. The summed E-state index contributed by atoms with van der Waals surface area (Å²) >= 11 is 5.71. The van der Waals surface area contributed by atoms with Crippen LogP contribution >= 0.6 is 12.2 Å². The number of thiocarbonyl (C=S) groups is 1. The summed E-state index contributed by atoms with van der Waals surface area (Å²) in [5.74, 6) is 1.53. The number of aliphatic hydroxyl groups excluding tert-OH is 1. The molecular weight excluding hydrogens is 424 g/mol. The zero-order chi connectivity index (χ0) is 22.2. The van der Waals surface area contributed by atoms with Crippen molar-refractivity contribution in [3.63, 3.8) is 0 Å². The highest BCUT2D eigenvalue weighted by molar-refractivity contribution is 7.80. The first-order valence-corrected chi connectivity index (χ1v) is 11.2. The number of fused-ring (bicyclic) bond motifs is 1. The van der Waals surface area contributed by atoms with Gasteiger partial charge in [-0.05, 0) is 68.4 Å². The van der Waals surface area contributed by atoms with Crippen molar-refractivity contribution in [1.29, 1.82) is 0 Å². The zero-order valence-corrected chi connectivity index (χ0v) is 18.9. The van der Waals surface area contributed by atoms with Crippen molar-refractivity contribution in [3.8, 4) is 17.2 Å². The minimum Gasteiger partial charge on any atom is -0.454 e. The summed E-state index contributed by atoms with van der Waals surface area (Å²) in [6.07, 6.45) is 2.46. The Kier molecular flexibility index (Phi) is 5.48. The van der Waals surface area contributed by atoms with Crippen LogP contribution in [0.15, 0.2) is 48.7 Å². The Hall–Kier alpha value is -3.10. The van der Waals surface area contributed by atoms with Crippen molar-refractivity contribution in [2.45, 2.75) is 32.4 Å². The van der Waals surface area contributed by atoms with Gasteiger partial charge < -0.3 is 29.4 Å². The molecule has 2 aliphatic rings. The molecular formula is C24H26N4O3S. The topological polar surface area (TPSA) is 71.8 Å². The van der Waals surface area contributed by atoms with Crippen LogP contribution in [0.4, 0.5) is 0 Å². The van der Waals surface area contributed by atoms with E-state index >= 15 is 0 Å². The lowest BCUT2D eigenvalue weighted by Gasteiger charge is -2.28. The van der Waals surface area contributed by atoms with E-state index in [1.807, 2.05) is 36.5 Å². The lowest BCUT2D eigenvalue weighted by molar-refractivity contribution is 0.174. The van der Waals surface area contributed by atoms with Crippen molar-refractivity contribution in [2.24, 2.45) is 0 Å². The molecule has 4 heterocycles. The molecule has 0 bridgehead atoms. The fourth-order valence-corrected chi connectivity index (χ4v) is 5.07. The number of ether oxygens (including phenoxy) is 2. The lowest BCUT2D eigenvalue weighted by Crippen LogP contribution is -2.31. The number of benzene rings is 1. The number of aryl methyl sites for hydroxylation is 1. The van der Waals surface area contributed by atoms with Gasteiger partial charge in [0.25, 0.3) is 0 Å². The van der Waals surface area contributed by atoms with Crippen LogP contribution in [0, 0.1) is 13.8 Å². The van der Waals surface area contributed by atoms with Gasteiger partial charge >= 0.3 is 0 Å². The largest absolute Gasteiger partial charge is 0.454 e. The molecule has 166 valence electrons. The molecule has 32 heavy (non-hydrogen) atoms. The van der Waals surface area contributed by atoms with Crippen LogP contribution in [-0.4, -0.2) is 44.6 Å². The Labute approximate surface area is 192 Å². The van der Waals surface area contributed by atoms with Crippen LogP contribution in [-0.2, 0) is 0 Å². The van der Waals surface area contributed by atoms with E-state index in [9.17, 15) is 5.11 Å². The molecule has 2 aromatic heterocycles. The molecule has 7 nitrogen and oxygen atoms in total. The molecule has 2 aliphatic heterocycles. The third-order valence-electron chi connectivity index (χ3n) is 6.16. The second-order valence-electron chi connectivity index (χ2n) is 8.10. The van der Waals surface area contributed by atoms with Crippen molar-refractivity contribution in [3.05, 3.63) is 71.3 Å². The van der Waals surface area contributed by atoms with Crippen molar-refractivity contribution < 1.29 is 14.6 Å². The van der Waals surface area contributed by atoms with Gasteiger partial charge in [-0.1, -0.05) is 6.07 Å². The number of hydrogen-bond acceptors (Lipinski definition) is 5. The second-order valence-corrected chi connectivity index (χ2v) is 8.48. The summed E-state index contributed by atoms with van der Waals surface area (Å²) in [6, 6.07) is 14.1. The third kappa shape index (κ3) is 3.49. The summed E-state index contributed by atoms with van der Waals surface area (Å²) < 4.78 is 13.3. The Balaban J connectivity index is 1.59. The van der Waals surface area contributed by atoms with Crippen molar-refractivity contribution >= 4 is 17.3 Å². The van der Waals surface area contributed by atoms with Crippen molar-refractivity contribution in [2.75, 3.05) is 19.9 Å². The minimum absolute atomic E-state index is 0.0297. The molecule has 8 heteroatoms. The summed E-state index contributed by atoms with van der Waals surface area (Å²) in [4.78, 5) is 6.78. The van der Waals surface area contributed by atoms with Gasteiger partial charge in [0.2, 0.25) is 6.79 Å². The number of aliphatic hydroxyl groups is 1. The molecule has 0 spiro atoms. The van der Waals surface area contributed by atoms with E-state index in [0.717, 1.165) is 34.3 Å². The number of nitrogens with one attached hydrogen (secondary N) is 1. The first kappa shape index (κ1) is 20.8.